The van der Waals surface area contributed by atoms with Crippen molar-refractivity contribution in [2.75, 3.05) is 0 Å². The van der Waals surface area contributed by atoms with Gasteiger partial charge in [0.15, 0.2) is 5.96 Å². The first kappa shape index (κ1) is 16.7. The van der Waals surface area contributed by atoms with Gasteiger partial charge in [0.2, 0.25) is 5.91 Å². The first-order valence-electron chi connectivity index (χ1n) is 8.06. The second kappa shape index (κ2) is 8.10. The van der Waals surface area contributed by atoms with Gasteiger partial charge in [0.05, 0.1) is 13.0 Å². The highest BCUT2D eigenvalue weighted by Crippen LogP contribution is 2.06. The van der Waals surface area contributed by atoms with Gasteiger partial charge in [0.1, 0.15) is 12.6 Å². The molecule has 0 radical (unpaired) electrons. The Balaban J connectivity index is 1.48. The van der Waals surface area contributed by atoms with Crippen molar-refractivity contribution in [3.63, 3.8) is 0 Å². The third-order valence-corrected chi connectivity index (χ3v) is 3.75. The topological polar surface area (TPSA) is 79.8 Å². The zero-order valence-corrected chi connectivity index (χ0v) is 13.6. The molecule has 128 valence electrons. The molecule has 2 N–H and O–H groups in total. The van der Waals surface area contributed by atoms with Crippen molar-refractivity contribution in [2.24, 2.45) is 4.99 Å². The second-order valence-electron chi connectivity index (χ2n) is 5.69. The van der Waals surface area contributed by atoms with Crippen molar-refractivity contribution in [1.29, 1.82) is 0 Å². The third kappa shape index (κ3) is 4.91. The molecule has 1 amide bonds. The largest absolute Gasteiger partial charge is 0.461 e. The lowest BCUT2D eigenvalue weighted by Gasteiger charge is -2.08. The molecule has 3 rings (SSSR count). The summed E-state index contributed by atoms with van der Waals surface area (Å²) in [6.07, 6.45) is -0.0387. The van der Waals surface area contributed by atoms with Crippen LogP contribution < -0.4 is 10.6 Å². The molecular formula is C19H19N3O3. The lowest BCUT2D eigenvalue weighted by molar-refractivity contribution is -0.146. The third-order valence-electron chi connectivity index (χ3n) is 3.75. The van der Waals surface area contributed by atoms with Crippen molar-refractivity contribution >= 4 is 17.8 Å². The molecule has 6 heteroatoms. The van der Waals surface area contributed by atoms with E-state index in [1.165, 1.54) is 0 Å². The van der Waals surface area contributed by atoms with Crippen LogP contribution in [0.1, 0.15) is 17.5 Å². The highest BCUT2D eigenvalue weighted by atomic mass is 16.5. The first-order chi connectivity index (χ1) is 12.2. The van der Waals surface area contributed by atoms with Crippen LogP contribution >= 0.6 is 0 Å². The molecule has 0 aliphatic carbocycles. The van der Waals surface area contributed by atoms with E-state index >= 15 is 0 Å². The highest BCUT2D eigenvalue weighted by molar-refractivity contribution is 6.07. The van der Waals surface area contributed by atoms with E-state index in [0.717, 1.165) is 11.1 Å². The fraction of sp³-hybridized carbons (Fsp3) is 0.211. The molecule has 1 heterocycles. The van der Waals surface area contributed by atoms with Crippen LogP contribution in [0.4, 0.5) is 0 Å². The van der Waals surface area contributed by atoms with Gasteiger partial charge in [-0.05, 0) is 11.1 Å². The number of amides is 1. The molecule has 0 saturated carbocycles. The molecule has 2 aromatic rings. The average Bonchev–Trinajstić information content (AvgIpc) is 2.99. The summed E-state index contributed by atoms with van der Waals surface area (Å²) in [4.78, 5) is 28.2. The number of hydrogen-bond donors (Lipinski definition) is 2. The van der Waals surface area contributed by atoms with Gasteiger partial charge < -0.3 is 10.1 Å². The summed E-state index contributed by atoms with van der Waals surface area (Å²) in [5.74, 6) is -0.320. The molecule has 2 aromatic carbocycles. The van der Waals surface area contributed by atoms with E-state index in [1.54, 1.807) is 0 Å². The number of aliphatic imine (C=N–C) groups is 1. The standard InChI is InChI=1S/C19H19N3O3/c23-17(25-13-15-9-5-2-6-10-15)11-16-18(24)22-19(21-16)20-12-14-7-3-1-4-8-14/h1-10,16H,11-13H2,(H2,20,21,22,24). The zero-order chi connectivity index (χ0) is 17.5. The molecule has 1 aliphatic rings. The van der Waals surface area contributed by atoms with Crippen LogP contribution in [0.3, 0.4) is 0 Å². The van der Waals surface area contributed by atoms with E-state index in [2.05, 4.69) is 15.6 Å². The number of esters is 1. The van der Waals surface area contributed by atoms with E-state index in [0.29, 0.717) is 12.5 Å². The van der Waals surface area contributed by atoms with Gasteiger partial charge in [0.25, 0.3) is 0 Å². The molecular weight excluding hydrogens is 318 g/mol. The molecule has 0 aromatic heterocycles. The normalized spacial score (nSPS) is 17.8. The highest BCUT2D eigenvalue weighted by Gasteiger charge is 2.30. The zero-order valence-electron chi connectivity index (χ0n) is 13.6. The minimum atomic E-state index is -0.655. The van der Waals surface area contributed by atoms with Crippen LogP contribution in [0.15, 0.2) is 65.7 Å². The summed E-state index contributed by atoms with van der Waals surface area (Å²) in [6.45, 7) is 0.650. The molecule has 25 heavy (non-hydrogen) atoms. The van der Waals surface area contributed by atoms with Gasteiger partial charge in [-0.15, -0.1) is 0 Å². The summed E-state index contributed by atoms with van der Waals surface area (Å²) in [6, 6.07) is 18.5. The summed E-state index contributed by atoms with van der Waals surface area (Å²) >= 11 is 0. The summed E-state index contributed by atoms with van der Waals surface area (Å²) < 4.78 is 5.20. The Kier molecular flexibility index (Phi) is 5.41. The van der Waals surface area contributed by atoms with Crippen molar-refractivity contribution in [3.8, 4) is 0 Å². The summed E-state index contributed by atoms with van der Waals surface area (Å²) in [5.41, 5.74) is 1.95. The number of carbonyl (C=O) groups is 2. The maximum absolute atomic E-state index is 11.9. The van der Waals surface area contributed by atoms with Crippen LogP contribution in [0.25, 0.3) is 0 Å². The molecule has 0 bridgehead atoms. The van der Waals surface area contributed by atoms with Gasteiger partial charge in [0, 0.05) is 0 Å². The minimum Gasteiger partial charge on any atom is -0.461 e. The van der Waals surface area contributed by atoms with Crippen molar-refractivity contribution < 1.29 is 14.3 Å². The van der Waals surface area contributed by atoms with E-state index < -0.39 is 12.0 Å². The molecule has 1 aliphatic heterocycles. The van der Waals surface area contributed by atoms with E-state index in [4.69, 9.17) is 4.74 Å². The maximum atomic E-state index is 11.9. The summed E-state index contributed by atoms with van der Waals surface area (Å²) in [7, 11) is 0. The molecule has 1 fully saturated rings. The lowest BCUT2D eigenvalue weighted by Crippen LogP contribution is -2.32. The monoisotopic (exact) mass is 337 g/mol. The minimum absolute atomic E-state index is 0.0387. The smallest absolute Gasteiger partial charge is 0.308 e. The molecule has 1 atom stereocenters. The van der Waals surface area contributed by atoms with Crippen molar-refractivity contribution in [3.05, 3.63) is 71.8 Å². The van der Waals surface area contributed by atoms with Crippen molar-refractivity contribution in [2.45, 2.75) is 25.6 Å². The van der Waals surface area contributed by atoms with Crippen LogP contribution in [0.5, 0.6) is 0 Å². The van der Waals surface area contributed by atoms with E-state index in [9.17, 15) is 9.59 Å². The first-order valence-corrected chi connectivity index (χ1v) is 8.06. The SMILES string of the molecule is O=C(CC1NC(=NCc2ccccc2)NC1=O)OCc1ccccc1. The van der Waals surface area contributed by atoms with Crippen LogP contribution in [-0.2, 0) is 27.5 Å². The fourth-order valence-electron chi connectivity index (χ4n) is 2.42. The maximum Gasteiger partial charge on any atom is 0.308 e. The second-order valence-corrected chi connectivity index (χ2v) is 5.69. The average molecular weight is 337 g/mol. The lowest BCUT2D eigenvalue weighted by atomic mass is 10.2. The molecule has 1 unspecified atom stereocenters. The molecule has 6 nitrogen and oxygen atoms in total. The van der Waals surface area contributed by atoms with Gasteiger partial charge in [-0.2, -0.15) is 0 Å². The number of benzene rings is 2. The predicted molar refractivity (Wildman–Crippen MR) is 93.5 cm³/mol. The van der Waals surface area contributed by atoms with Gasteiger partial charge in [-0.1, -0.05) is 60.7 Å². The number of carbonyl (C=O) groups excluding carboxylic acids is 2. The Morgan fingerprint density at radius 1 is 1.00 bits per heavy atom. The Morgan fingerprint density at radius 2 is 1.64 bits per heavy atom. The Morgan fingerprint density at radius 3 is 2.32 bits per heavy atom. The number of ether oxygens (including phenoxy) is 1. The van der Waals surface area contributed by atoms with Gasteiger partial charge in [-0.3, -0.25) is 14.9 Å². The van der Waals surface area contributed by atoms with E-state index in [1.807, 2.05) is 60.7 Å². The Bertz CT molecular complexity index is 760. The van der Waals surface area contributed by atoms with Crippen LogP contribution in [-0.4, -0.2) is 23.9 Å². The Labute approximate surface area is 145 Å². The Hall–Kier alpha value is -3.15. The molecule has 1 saturated heterocycles. The number of nitrogens with one attached hydrogen (secondary N) is 2. The predicted octanol–water partition coefficient (Wildman–Crippen LogP) is 1.76. The summed E-state index contributed by atoms with van der Waals surface area (Å²) in [5, 5.41) is 5.57. The number of rotatable bonds is 6. The molecule has 0 spiro atoms. The number of guanidine groups is 1. The van der Waals surface area contributed by atoms with Gasteiger partial charge >= 0.3 is 5.97 Å². The quantitative estimate of drug-likeness (QED) is 0.787. The van der Waals surface area contributed by atoms with Crippen molar-refractivity contribution in [1.82, 2.24) is 10.6 Å². The van der Waals surface area contributed by atoms with Gasteiger partial charge in [-0.25, -0.2) is 4.99 Å². The van der Waals surface area contributed by atoms with Crippen LogP contribution in [0, 0.1) is 0 Å². The fourth-order valence-corrected chi connectivity index (χ4v) is 2.42. The van der Waals surface area contributed by atoms with Crippen LogP contribution in [0.2, 0.25) is 0 Å². The number of nitrogens with zero attached hydrogens (tertiary/aromatic N) is 1. The number of hydrogen-bond acceptors (Lipinski definition) is 4. The van der Waals surface area contributed by atoms with E-state index in [-0.39, 0.29) is 18.9 Å².